The van der Waals surface area contributed by atoms with E-state index >= 15 is 0 Å². The third kappa shape index (κ3) is 4.65. The van der Waals surface area contributed by atoms with Gasteiger partial charge in [-0.3, -0.25) is 4.79 Å². The molecule has 0 aromatic heterocycles. The fourth-order valence-electron chi connectivity index (χ4n) is 2.10. The lowest BCUT2D eigenvalue weighted by Gasteiger charge is -2.13. The van der Waals surface area contributed by atoms with Crippen LogP contribution in [0.4, 0.5) is 5.69 Å². The second-order valence-corrected chi connectivity index (χ2v) is 5.75. The molecule has 0 fully saturated rings. The van der Waals surface area contributed by atoms with Gasteiger partial charge in [-0.25, -0.2) is 0 Å². The first-order chi connectivity index (χ1) is 11.5. The van der Waals surface area contributed by atoms with Gasteiger partial charge in [0, 0.05) is 11.6 Å². The van der Waals surface area contributed by atoms with Crippen molar-refractivity contribution in [3.63, 3.8) is 0 Å². The number of nitrogens with one attached hydrogen (secondary N) is 1. The van der Waals surface area contributed by atoms with E-state index in [4.69, 9.17) is 14.2 Å². The summed E-state index contributed by atoms with van der Waals surface area (Å²) in [6, 6.07) is 12.3. The van der Waals surface area contributed by atoms with Gasteiger partial charge in [-0.15, -0.1) is 0 Å². The summed E-state index contributed by atoms with van der Waals surface area (Å²) in [5.41, 5.74) is 1.07. The third-order valence-corrected chi connectivity index (χ3v) is 3.33. The van der Waals surface area contributed by atoms with Crippen LogP contribution >= 0.6 is 0 Å². The molecule has 0 saturated carbocycles. The van der Waals surface area contributed by atoms with Gasteiger partial charge in [-0.05, 0) is 36.2 Å². The molecule has 0 saturated heterocycles. The molecular formula is C19H23NO4. The zero-order chi connectivity index (χ0) is 17.5. The molecule has 128 valence electrons. The number of anilines is 1. The summed E-state index contributed by atoms with van der Waals surface area (Å²) in [5.74, 6) is 2.06. The molecule has 0 aliphatic carbocycles. The Morgan fingerprint density at radius 2 is 1.83 bits per heavy atom. The van der Waals surface area contributed by atoms with Gasteiger partial charge in [0.2, 0.25) is 0 Å². The Hall–Kier alpha value is -2.69. The lowest BCUT2D eigenvalue weighted by molar-refractivity contribution is 0.102. The second-order valence-electron chi connectivity index (χ2n) is 5.75. The predicted molar refractivity (Wildman–Crippen MR) is 94.3 cm³/mol. The molecular weight excluding hydrogens is 306 g/mol. The average Bonchev–Trinajstić information content (AvgIpc) is 2.60. The lowest BCUT2D eigenvalue weighted by Crippen LogP contribution is -2.13. The zero-order valence-electron chi connectivity index (χ0n) is 14.5. The first kappa shape index (κ1) is 17.7. The van der Waals surface area contributed by atoms with E-state index in [1.54, 1.807) is 50.6 Å². The fourth-order valence-corrected chi connectivity index (χ4v) is 2.10. The van der Waals surface area contributed by atoms with Crippen molar-refractivity contribution < 1.29 is 19.0 Å². The van der Waals surface area contributed by atoms with Crippen molar-refractivity contribution in [1.82, 2.24) is 0 Å². The molecule has 1 amide bonds. The van der Waals surface area contributed by atoms with Crippen LogP contribution in [0.25, 0.3) is 0 Å². The minimum absolute atomic E-state index is 0.239. The Balaban J connectivity index is 2.16. The van der Waals surface area contributed by atoms with Gasteiger partial charge in [0.1, 0.15) is 17.2 Å². The summed E-state index contributed by atoms with van der Waals surface area (Å²) in [6.07, 6.45) is 0. The normalized spacial score (nSPS) is 10.4. The average molecular weight is 329 g/mol. The molecule has 5 heteroatoms. The zero-order valence-corrected chi connectivity index (χ0v) is 14.5. The molecule has 2 aromatic carbocycles. The van der Waals surface area contributed by atoms with Gasteiger partial charge in [0.15, 0.2) is 0 Å². The van der Waals surface area contributed by atoms with Crippen molar-refractivity contribution in [2.24, 2.45) is 5.92 Å². The molecule has 2 rings (SSSR count). The molecule has 1 N–H and O–H groups in total. The molecule has 0 bridgehead atoms. The number of hydrogen-bond donors (Lipinski definition) is 1. The van der Waals surface area contributed by atoms with Crippen molar-refractivity contribution in [2.45, 2.75) is 13.8 Å². The maximum Gasteiger partial charge on any atom is 0.255 e. The summed E-state index contributed by atoms with van der Waals surface area (Å²) in [5, 5.41) is 2.85. The van der Waals surface area contributed by atoms with Gasteiger partial charge >= 0.3 is 0 Å². The highest BCUT2D eigenvalue weighted by atomic mass is 16.5. The Morgan fingerprint density at radius 1 is 1.04 bits per heavy atom. The molecule has 0 aliphatic heterocycles. The Morgan fingerprint density at radius 3 is 2.50 bits per heavy atom. The van der Waals surface area contributed by atoms with Crippen LogP contribution in [0, 0.1) is 5.92 Å². The van der Waals surface area contributed by atoms with E-state index in [9.17, 15) is 4.79 Å². The maximum absolute atomic E-state index is 12.5. The molecule has 0 heterocycles. The van der Waals surface area contributed by atoms with E-state index in [2.05, 4.69) is 19.2 Å². The van der Waals surface area contributed by atoms with Crippen molar-refractivity contribution >= 4 is 11.6 Å². The van der Waals surface area contributed by atoms with Crippen LogP contribution in [0.2, 0.25) is 0 Å². The molecule has 24 heavy (non-hydrogen) atoms. The van der Waals surface area contributed by atoms with Gasteiger partial charge in [-0.1, -0.05) is 19.9 Å². The summed E-state index contributed by atoms with van der Waals surface area (Å²) < 4.78 is 16.1. The minimum atomic E-state index is -0.239. The van der Waals surface area contributed by atoms with Crippen LogP contribution in [-0.2, 0) is 0 Å². The quantitative estimate of drug-likeness (QED) is 0.834. The largest absolute Gasteiger partial charge is 0.497 e. The number of carbonyl (C=O) groups is 1. The van der Waals surface area contributed by atoms with Crippen LogP contribution in [0.15, 0.2) is 42.5 Å². The summed E-state index contributed by atoms with van der Waals surface area (Å²) in [6.45, 7) is 4.76. The van der Waals surface area contributed by atoms with E-state index in [-0.39, 0.29) is 5.91 Å². The first-order valence-corrected chi connectivity index (χ1v) is 7.79. The molecule has 0 atom stereocenters. The molecule has 0 aliphatic rings. The minimum Gasteiger partial charge on any atom is -0.497 e. The van der Waals surface area contributed by atoms with E-state index < -0.39 is 0 Å². The lowest BCUT2D eigenvalue weighted by atomic mass is 10.2. The van der Waals surface area contributed by atoms with Crippen LogP contribution < -0.4 is 19.5 Å². The van der Waals surface area contributed by atoms with E-state index in [1.165, 1.54) is 0 Å². The molecule has 2 aromatic rings. The Labute approximate surface area is 142 Å². The number of carbonyl (C=O) groups excluding carboxylic acids is 1. The molecule has 0 spiro atoms. The predicted octanol–water partition coefficient (Wildman–Crippen LogP) is 3.99. The summed E-state index contributed by atoms with van der Waals surface area (Å²) in [7, 11) is 3.13. The summed E-state index contributed by atoms with van der Waals surface area (Å²) >= 11 is 0. The highest BCUT2D eigenvalue weighted by molar-refractivity contribution is 6.05. The number of ether oxygens (including phenoxy) is 3. The van der Waals surface area contributed by atoms with Crippen molar-refractivity contribution in [2.75, 3.05) is 26.1 Å². The van der Waals surface area contributed by atoms with E-state index in [0.717, 1.165) is 0 Å². The topological polar surface area (TPSA) is 56.8 Å². The van der Waals surface area contributed by atoms with Crippen LogP contribution in [0.3, 0.4) is 0 Å². The number of amides is 1. The maximum atomic E-state index is 12.5. The number of methoxy groups -OCH3 is 2. The summed E-state index contributed by atoms with van der Waals surface area (Å²) in [4.78, 5) is 12.5. The fraction of sp³-hybridized carbons (Fsp3) is 0.316. The van der Waals surface area contributed by atoms with Gasteiger partial charge in [0.05, 0.1) is 26.5 Å². The van der Waals surface area contributed by atoms with Crippen LogP contribution in [0.1, 0.15) is 24.2 Å². The number of rotatable bonds is 7. The molecule has 0 unspecified atom stereocenters. The SMILES string of the molecule is COc1ccc(OC)c(NC(=O)c2cccc(OCC(C)C)c2)c1. The highest BCUT2D eigenvalue weighted by Gasteiger charge is 2.12. The molecule has 0 radical (unpaired) electrons. The van der Waals surface area contributed by atoms with Gasteiger partial charge < -0.3 is 19.5 Å². The number of hydrogen-bond acceptors (Lipinski definition) is 4. The Bertz CT molecular complexity index is 698. The van der Waals surface area contributed by atoms with Crippen molar-refractivity contribution in [3.8, 4) is 17.2 Å². The van der Waals surface area contributed by atoms with Crippen LogP contribution in [0.5, 0.6) is 17.2 Å². The standard InChI is InChI=1S/C19H23NO4/c1-13(2)12-24-16-7-5-6-14(10-16)19(21)20-17-11-15(22-3)8-9-18(17)23-4/h5-11,13H,12H2,1-4H3,(H,20,21). The monoisotopic (exact) mass is 329 g/mol. The van der Waals surface area contributed by atoms with Crippen LogP contribution in [-0.4, -0.2) is 26.7 Å². The molecule has 5 nitrogen and oxygen atoms in total. The van der Waals surface area contributed by atoms with Crippen molar-refractivity contribution in [3.05, 3.63) is 48.0 Å². The van der Waals surface area contributed by atoms with Gasteiger partial charge in [0.25, 0.3) is 5.91 Å². The van der Waals surface area contributed by atoms with E-state index in [1.807, 2.05) is 6.07 Å². The second kappa shape index (κ2) is 8.24. The third-order valence-electron chi connectivity index (χ3n) is 3.33. The number of benzene rings is 2. The Kier molecular flexibility index (Phi) is 6.07. The first-order valence-electron chi connectivity index (χ1n) is 7.79. The van der Waals surface area contributed by atoms with Gasteiger partial charge in [-0.2, -0.15) is 0 Å². The highest BCUT2D eigenvalue weighted by Crippen LogP contribution is 2.29. The smallest absolute Gasteiger partial charge is 0.255 e. The van der Waals surface area contributed by atoms with E-state index in [0.29, 0.717) is 41.0 Å². The van der Waals surface area contributed by atoms with Crippen molar-refractivity contribution in [1.29, 1.82) is 0 Å².